The lowest BCUT2D eigenvalue weighted by Gasteiger charge is -2.01. The topological polar surface area (TPSA) is 85.5 Å². The number of methoxy groups -OCH3 is 1. The molecule has 0 spiro atoms. The van der Waals surface area contributed by atoms with E-state index in [4.69, 9.17) is 14.3 Å². The van der Waals surface area contributed by atoms with Crippen molar-refractivity contribution in [2.24, 2.45) is 0 Å². The Morgan fingerprint density at radius 1 is 1.47 bits per heavy atom. The van der Waals surface area contributed by atoms with Gasteiger partial charge in [0.15, 0.2) is 0 Å². The predicted octanol–water partition coefficient (Wildman–Crippen LogP) is 1.85. The quantitative estimate of drug-likeness (QED) is 0.808. The summed E-state index contributed by atoms with van der Waals surface area (Å²) in [6, 6.07) is 7.54. The van der Waals surface area contributed by atoms with Gasteiger partial charge in [0.2, 0.25) is 5.89 Å². The summed E-state index contributed by atoms with van der Waals surface area (Å²) in [7, 11) is 1.60. The van der Waals surface area contributed by atoms with Gasteiger partial charge in [0.1, 0.15) is 11.5 Å². The maximum Gasteiger partial charge on any atom is 0.314 e. The van der Waals surface area contributed by atoms with Gasteiger partial charge < -0.3 is 14.3 Å². The number of carbonyl (C=O) groups is 1. The Hall–Kier alpha value is -2.02. The number of carboxylic acids is 1. The van der Waals surface area contributed by atoms with Crippen molar-refractivity contribution in [1.82, 2.24) is 10.2 Å². The van der Waals surface area contributed by atoms with Crippen LogP contribution < -0.4 is 4.74 Å². The summed E-state index contributed by atoms with van der Waals surface area (Å²) in [5.41, 5.74) is 0.984. The third-order valence-electron chi connectivity index (χ3n) is 2.26. The van der Waals surface area contributed by atoms with E-state index in [2.05, 4.69) is 10.2 Å². The van der Waals surface area contributed by atoms with Gasteiger partial charge in [-0.1, -0.05) is 23.9 Å². The monoisotopic (exact) mass is 280 g/mol. The first-order valence-corrected chi connectivity index (χ1v) is 6.46. The highest BCUT2D eigenvalue weighted by atomic mass is 32.2. The molecule has 1 heterocycles. The van der Waals surface area contributed by atoms with Crippen molar-refractivity contribution in [3.05, 3.63) is 35.7 Å². The van der Waals surface area contributed by atoms with Crippen LogP contribution in [0.15, 0.2) is 33.9 Å². The molecule has 2 rings (SSSR count). The maximum absolute atomic E-state index is 10.4. The van der Waals surface area contributed by atoms with E-state index in [1.165, 1.54) is 0 Å². The molecule has 0 radical (unpaired) electrons. The van der Waals surface area contributed by atoms with Crippen molar-refractivity contribution in [1.29, 1.82) is 0 Å². The summed E-state index contributed by atoms with van der Waals surface area (Å²) < 4.78 is 10.5. The Labute approximate surface area is 113 Å². The maximum atomic E-state index is 10.4. The summed E-state index contributed by atoms with van der Waals surface area (Å²) in [5, 5.41) is 16.5. The zero-order valence-corrected chi connectivity index (χ0v) is 11.0. The molecule has 0 aliphatic rings. The first-order valence-electron chi connectivity index (χ1n) is 5.47. The molecule has 0 aliphatic carbocycles. The summed E-state index contributed by atoms with van der Waals surface area (Å²) in [5.74, 6) is 0.192. The molecule has 1 aromatic heterocycles. The van der Waals surface area contributed by atoms with E-state index < -0.39 is 5.97 Å². The molecule has 100 valence electrons. The second kappa shape index (κ2) is 6.24. The van der Waals surface area contributed by atoms with E-state index >= 15 is 0 Å². The van der Waals surface area contributed by atoms with Crippen LogP contribution in [0.25, 0.3) is 0 Å². The van der Waals surface area contributed by atoms with Crippen LogP contribution in [0, 0.1) is 0 Å². The van der Waals surface area contributed by atoms with Crippen molar-refractivity contribution < 1.29 is 19.1 Å². The van der Waals surface area contributed by atoms with Gasteiger partial charge in [-0.15, -0.1) is 10.2 Å². The number of hydrogen-bond donors (Lipinski definition) is 1. The van der Waals surface area contributed by atoms with Crippen molar-refractivity contribution in [2.75, 3.05) is 12.9 Å². The Morgan fingerprint density at radius 3 is 3.05 bits per heavy atom. The van der Waals surface area contributed by atoms with Gasteiger partial charge in [0, 0.05) is 0 Å². The first kappa shape index (κ1) is 13.4. The number of hydrogen-bond acceptors (Lipinski definition) is 6. The summed E-state index contributed by atoms with van der Waals surface area (Å²) in [6.45, 7) is 0. The van der Waals surface area contributed by atoms with Crippen molar-refractivity contribution in [2.45, 2.75) is 11.6 Å². The average molecular weight is 280 g/mol. The van der Waals surface area contributed by atoms with Gasteiger partial charge >= 0.3 is 5.97 Å². The van der Waals surface area contributed by atoms with Crippen LogP contribution in [-0.2, 0) is 11.2 Å². The Morgan fingerprint density at radius 2 is 2.32 bits per heavy atom. The molecule has 0 saturated heterocycles. The smallest absolute Gasteiger partial charge is 0.314 e. The molecule has 0 amide bonds. The molecule has 0 aliphatic heterocycles. The van der Waals surface area contributed by atoms with Crippen molar-refractivity contribution in [3.63, 3.8) is 0 Å². The molecule has 19 heavy (non-hydrogen) atoms. The van der Waals surface area contributed by atoms with E-state index in [9.17, 15) is 4.79 Å². The fourth-order valence-corrected chi connectivity index (χ4v) is 1.95. The lowest BCUT2D eigenvalue weighted by molar-refractivity contribution is -0.133. The summed E-state index contributed by atoms with van der Waals surface area (Å²) in [4.78, 5) is 10.4. The van der Waals surface area contributed by atoms with Crippen LogP contribution in [-0.4, -0.2) is 34.1 Å². The first-order chi connectivity index (χ1) is 9.17. The number of carboxylic acid groups (broad SMARTS) is 1. The molecule has 0 atom stereocenters. The highest BCUT2D eigenvalue weighted by Gasteiger charge is 2.09. The van der Waals surface area contributed by atoms with Crippen LogP contribution in [0.2, 0.25) is 0 Å². The molecule has 1 aromatic carbocycles. The second-order valence-corrected chi connectivity index (χ2v) is 4.60. The van der Waals surface area contributed by atoms with E-state index in [0.29, 0.717) is 12.3 Å². The largest absolute Gasteiger partial charge is 0.497 e. The van der Waals surface area contributed by atoms with Crippen molar-refractivity contribution in [3.8, 4) is 5.75 Å². The van der Waals surface area contributed by atoms with Crippen LogP contribution in [0.4, 0.5) is 0 Å². The molecular formula is C12H12N2O4S. The third kappa shape index (κ3) is 3.99. The third-order valence-corrected chi connectivity index (χ3v) is 3.06. The molecular weight excluding hydrogens is 268 g/mol. The van der Waals surface area contributed by atoms with Gasteiger partial charge in [-0.2, -0.15) is 0 Å². The minimum Gasteiger partial charge on any atom is -0.497 e. The number of nitrogens with zero attached hydrogens (tertiary/aromatic N) is 2. The van der Waals surface area contributed by atoms with Gasteiger partial charge in [0.05, 0.1) is 13.5 Å². The number of aliphatic carboxylic acids is 1. The van der Waals surface area contributed by atoms with E-state index in [1.807, 2.05) is 24.3 Å². The van der Waals surface area contributed by atoms with Gasteiger partial charge in [0.25, 0.3) is 5.22 Å². The highest BCUT2D eigenvalue weighted by Crippen LogP contribution is 2.19. The van der Waals surface area contributed by atoms with Crippen LogP contribution >= 0.6 is 11.8 Å². The minimum absolute atomic E-state index is 0.0964. The number of thioether (sulfide) groups is 1. The lowest BCUT2D eigenvalue weighted by Crippen LogP contribution is -1.97. The van der Waals surface area contributed by atoms with E-state index in [0.717, 1.165) is 23.1 Å². The standard InChI is InChI=1S/C12H12N2O4S/c1-17-9-4-2-3-8(5-9)6-10-13-14-12(18-10)19-7-11(15)16/h2-5H,6-7H2,1H3,(H,15,16). The molecule has 1 N–H and O–H groups in total. The van der Waals surface area contributed by atoms with Gasteiger partial charge in [-0.3, -0.25) is 4.79 Å². The molecule has 0 bridgehead atoms. The Kier molecular flexibility index (Phi) is 4.40. The number of rotatable bonds is 6. The molecule has 7 heteroatoms. The highest BCUT2D eigenvalue weighted by molar-refractivity contribution is 7.99. The minimum atomic E-state index is -0.919. The normalized spacial score (nSPS) is 10.4. The zero-order chi connectivity index (χ0) is 13.7. The lowest BCUT2D eigenvalue weighted by atomic mass is 10.1. The molecule has 6 nitrogen and oxygen atoms in total. The molecule has 0 fully saturated rings. The SMILES string of the molecule is COc1cccc(Cc2nnc(SCC(=O)O)o2)c1. The van der Waals surface area contributed by atoms with E-state index in [-0.39, 0.29) is 11.0 Å². The Balaban J connectivity index is 2.00. The predicted molar refractivity (Wildman–Crippen MR) is 68.5 cm³/mol. The second-order valence-electron chi connectivity index (χ2n) is 3.67. The fourth-order valence-electron chi connectivity index (χ4n) is 1.45. The number of aromatic nitrogens is 2. The van der Waals surface area contributed by atoms with Crippen LogP contribution in [0.1, 0.15) is 11.5 Å². The van der Waals surface area contributed by atoms with Crippen molar-refractivity contribution >= 4 is 17.7 Å². The van der Waals surface area contributed by atoms with E-state index in [1.54, 1.807) is 7.11 Å². The fraction of sp³-hybridized carbons (Fsp3) is 0.250. The summed E-state index contributed by atoms with van der Waals surface area (Å²) in [6.07, 6.45) is 0.484. The molecule has 0 unspecified atom stereocenters. The van der Waals surface area contributed by atoms with Gasteiger partial charge in [-0.05, 0) is 17.7 Å². The average Bonchev–Trinajstić information content (AvgIpc) is 2.84. The molecule has 2 aromatic rings. The number of ether oxygens (including phenoxy) is 1. The Bertz CT molecular complexity index is 570. The number of benzene rings is 1. The van der Waals surface area contributed by atoms with Crippen LogP contribution in [0.3, 0.4) is 0 Å². The molecule has 0 saturated carbocycles. The zero-order valence-electron chi connectivity index (χ0n) is 10.2. The van der Waals surface area contributed by atoms with Gasteiger partial charge in [-0.25, -0.2) is 0 Å². The summed E-state index contributed by atoms with van der Waals surface area (Å²) >= 11 is 1.00. The van der Waals surface area contributed by atoms with Crippen LogP contribution in [0.5, 0.6) is 5.75 Å².